The number of rotatable bonds is 5. The van der Waals surface area contributed by atoms with Crippen molar-refractivity contribution < 1.29 is 36.4 Å². The third-order valence-corrected chi connectivity index (χ3v) is 5.64. The average Bonchev–Trinajstić information content (AvgIpc) is 2.95. The Labute approximate surface area is 257 Å². The molecular formula is C35H34N2O2Zr. The summed E-state index contributed by atoms with van der Waals surface area (Å²) in [5, 5.41) is 20.2. The zero-order valence-electron chi connectivity index (χ0n) is 23.1. The van der Waals surface area contributed by atoms with Crippen molar-refractivity contribution in [1.29, 1.82) is 0 Å². The van der Waals surface area contributed by atoms with E-state index >= 15 is 0 Å². The smallest absolute Gasteiger partial charge is 0.507 e. The molecule has 5 aromatic rings. The van der Waals surface area contributed by atoms with E-state index in [1.165, 1.54) is 0 Å². The summed E-state index contributed by atoms with van der Waals surface area (Å²) < 4.78 is 0. The van der Waals surface area contributed by atoms with Gasteiger partial charge in [0, 0.05) is 29.1 Å². The molecule has 0 saturated carbocycles. The fraction of sp³-hybridized carbons (Fsp3) is 0.0286. The van der Waals surface area contributed by atoms with Gasteiger partial charge >= 0.3 is 26.2 Å². The van der Waals surface area contributed by atoms with E-state index in [4.69, 9.17) is 0 Å². The van der Waals surface area contributed by atoms with Crippen LogP contribution in [0.25, 0.3) is 11.1 Å². The summed E-state index contributed by atoms with van der Waals surface area (Å²) in [7, 11) is 0. The van der Waals surface area contributed by atoms with Crippen molar-refractivity contribution in [2.24, 2.45) is 9.98 Å². The van der Waals surface area contributed by atoms with E-state index in [2.05, 4.69) is 9.98 Å². The molecule has 0 saturated heterocycles. The topological polar surface area (TPSA) is 65.2 Å². The van der Waals surface area contributed by atoms with Gasteiger partial charge < -0.3 is 25.1 Å². The molecule has 0 aliphatic rings. The molecule has 200 valence electrons. The number of nitrogens with zero attached hydrogens (tertiary/aromatic N) is 2. The van der Waals surface area contributed by atoms with Crippen LogP contribution in [0, 0.1) is 21.8 Å². The van der Waals surface area contributed by atoms with E-state index in [0.717, 1.165) is 33.6 Å². The van der Waals surface area contributed by atoms with E-state index in [0.29, 0.717) is 11.3 Å². The second kappa shape index (κ2) is 17.5. The van der Waals surface area contributed by atoms with Crippen molar-refractivity contribution in [3.05, 3.63) is 159 Å². The Hall–Kier alpha value is -4.08. The van der Waals surface area contributed by atoms with Gasteiger partial charge in [0.25, 0.3) is 0 Å². The van der Waals surface area contributed by atoms with Crippen LogP contribution in [0.5, 0.6) is 11.5 Å². The molecule has 5 aromatic carbocycles. The van der Waals surface area contributed by atoms with Crippen molar-refractivity contribution in [1.82, 2.24) is 0 Å². The SMILES string of the molecule is Cc1cccc(C=Nc2ccccc2)c1O.Oc1c(C=Nc2ccccc2)cccc1-c1ccccc1.[CH3-].[CH3-].[Zr+2]. The van der Waals surface area contributed by atoms with Crippen LogP contribution in [-0.2, 0) is 26.2 Å². The monoisotopic (exact) mass is 604 g/mol. The molecule has 0 bridgehead atoms. The van der Waals surface area contributed by atoms with Gasteiger partial charge in [-0.15, -0.1) is 0 Å². The maximum Gasteiger partial charge on any atom is 2.00 e. The number of hydrogen-bond donors (Lipinski definition) is 2. The van der Waals surface area contributed by atoms with Crippen molar-refractivity contribution >= 4 is 23.8 Å². The van der Waals surface area contributed by atoms with E-state index in [1.54, 1.807) is 12.4 Å². The standard InChI is InChI=1S/C19H15NO.C14H13NO.2CH3.Zr/c21-19-16(14-20-17-11-5-2-6-12-17)10-7-13-18(19)15-8-3-1-4-9-15;1-11-6-5-7-12(14(11)16)10-15-13-8-3-2-4-9-13;;;/h1-14,21H;2-10,16H,1H3;2*1H3;/q;;2*-1;+2. The normalized spacial score (nSPS) is 10.0. The van der Waals surface area contributed by atoms with Gasteiger partial charge in [-0.25, -0.2) is 0 Å². The molecule has 0 fully saturated rings. The first-order chi connectivity index (χ1) is 18.1. The minimum absolute atomic E-state index is 0. The van der Waals surface area contributed by atoms with Crippen molar-refractivity contribution in [2.45, 2.75) is 6.92 Å². The summed E-state index contributed by atoms with van der Waals surface area (Å²) in [5.41, 5.74) is 5.85. The summed E-state index contributed by atoms with van der Waals surface area (Å²) in [4.78, 5) is 8.68. The summed E-state index contributed by atoms with van der Waals surface area (Å²) in [5.74, 6) is 0.547. The maximum absolute atomic E-state index is 10.4. The molecule has 0 spiro atoms. The minimum atomic E-state index is 0. The van der Waals surface area contributed by atoms with Gasteiger partial charge in [0.2, 0.25) is 0 Å². The molecule has 40 heavy (non-hydrogen) atoms. The Morgan fingerprint density at radius 2 is 0.925 bits per heavy atom. The average molecular weight is 606 g/mol. The summed E-state index contributed by atoms with van der Waals surface area (Å²) in [6.07, 6.45) is 3.37. The van der Waals surface area contributed by atoms with E-state index in [9.17, 15) is 10.2 Å². The number of para-hydroxylation sites is 4. The van der Waals surface area contributed by atoms with Gasteiger partial charge in [0.1, 0.15) is 11.5 Å². The zero-order chi connectivity index (χ0) is 25.9. The Kier molecular flexibility index (Phi) is 14.9. The Morgan fingerprint density at radius 1 is 0.500 bits per heavy atom. The molecule has 0 aliphatic carbocycles. The van der Waals surface area contributed by atoms with Crippen LogP contribution >= 0.6 is 0 Å². The molecule has 0 amide bonds. The third kappa shape index (κ3) is 9.59. The van der Waals surface area contributed by atoms with Crippen molar-refractivity contribution in [2.75, 3.05) is 0 Å². The summed E-state index contributed by atoms with van der Waals surface area (Å²) in [6, 6.07) is 40.5. The van der Waals surface area contributed by atoms with Crippen molar-refractivity contribution in [3.8, 4) is 22.6 Å². The van der Waals surface area contributed by atoms with E-state index in [1.807, 2.05) is 134 Å². The van der Waals surface area contributed by atoms with Crippen molar-refractivity contribution in [3.63, 3.8) is 0 Å². The largest absolute Gasteiger partial charge is 2.00 e. The van der Waals surface area contributed by atoms with Gasteiger partial charge in [-0.2, -0.15) is 0 Å². The molecule has 4 nitrogen and oxygen atoms in total. The Morgan fingerprint density at radius 3 is 1.43 bits per heavy atom. The summed E-state index contributed by atoms with van der Waals surface area (Å²) >= 11 is 0. The number of phenolic OH excluding ortho intramolecular Hbond substituents is 2. The van der Waals surface area contributed by atoms with Gasteiger partial charge in [0.05, 0.1) is 11.4 Å². The first-order valence-corrected chi connectivity index (χ1v) is 12.0. The van der Waals surface area contributed by atoms with Crippen LogP contribution in [0.2, 0.25) is 0 Å². The Bertz CT molecular complexity index is 1490. The minimum Gasteiger partial charge on any atom is -0.507 e. The first kappa shape index (κ1) is 34.0. The number of benzene rings is 5. The second-order valence-corrected chi connectivity index (χ2v) is 8.31. The number of aromatic hydroxyl groups is 2. The summed E-state index contributed by atoms with van der Waals surface area (Å²) in [6.45, 7) is 1.87. The molecular weight excluding hydrogens is 572 g/mol. The molecule has 5 rings (SSSR count). The van der Waals surface area contributed by atoms with Crippen LogP contribution in [0.15, 0.2) is 137 Å². The van der Waals surface area contributed by atoms with Gasteiger partial charge in [-0.05, 0) is 54.4 Å². The maximum atomic E-state index is 10.4. The van der Waals surface area contributed by atoms with Crippen LogP contribution < -0.4 is 0 Å². The van der Waals surface area contributed by atoms with Crippen LogP contribution in [0.1, 0.15) is 16.7 Å². The van der Waals surface area contributed by atoms with Gasteiger partial charge in [0.15, 0.2) is 0 Å². The number of phenols is 2. The molecule has 0 atom stereocenters. The van der Waals surface area contributed by atoms with E-state index < -0.39 is 0 Å². The fourth-order valence-electron chi connectivity index (χ4n) is 3.62. The number of aliphatic imine (C=N–C) groups is 2. The van der Waals surface area contributed by atoms with Crippen LogP contribution in [-0.4, -0.2) is 22.6 Å². The molecule has 0 unspecified atom stereocenters. The van der Waals surface area contributed by atoms with Crippen LogP contribution in [0.4, 0.5) is 11.4 Å². The van der Waals surface area contributed by atoms with Gasteiger partial charge in [-0.1, -0.05) is 91.0 Å². The Balaban J connectivity index is 0.000000384. The zero-order valence-corrected chi connectivity index (χ0v) is 25.5. The molecule has 2 N–H and O–H groups in total. The first-order valence-electron chi connectivity index (χ1n) is 12.0. The number of aryl methyl sites for hydroxylation is 1. The quantitative estimate of drug-likeness (QED) is 0.155. The molecule has 0 aromatic heterocycles. The van der Waals surface area contributed by atoms with Gasteiger partial charge in [-0.3, -0.25) is 9.98 Å². The molecule has 0 radical (unpaired) electrons. The molecule has 5 heteroatoms. The predicted molar refractivity (Wildman–Crippen MR) is 167 cm³/mol. The second-order valence-electron chi connectivity index (χ2n) is 8.31. The van der Waals surface area contributed by atoms with Crippen LogP contribution in [0.3, 0.4) is 0 Å². The predicted octanol–water partition coefficient (Wildman–Crippen LogP) is 9.16. The fourth-order valence-corrected chi connectivity index (χ4v) is 3.62. The molecule has 0 heterocycles. The van der Waals surface area contributed by atoms with E-state index in [-0.39, 0.29) is 46.8 Å². The molecule has 0 aliphatic heterocycles. The number of hydrogen-bond acceptors (Lipinski definition) is 4. The third-order valence-electron chi connectivity index (χ3n) is 5.64.